The fourth-order valence-corrected chi connectivity index (χ4v) is 2.89. The number of aromatic nitrogens is 2. The molecule has 1 saturated heterocycles. The number of carbonyl (C=O) groups is 1. The Kier molecular flexibility index (Phi) is 4.93. The minimum absolute atomic E-state index is 0.139. The summed E-state index contributed by atoms with van der Waals surface area (Å²) in [4.78, 5) is 16.5. The van der Waals surface area contributed by atoms with Crippen LogP contribution >= 0.6 is 11.6 Å². The van der Waals surface area contributed by atoms with Crippen LogP contribution in [0, 0.1) is 6.92 Å². The molecule has 1 aromatic heterocycles. The predicted octanol–water partition coefficient (Wildman–Crippen LogP) is 1.92. The van der Waals surface area contributed by atoms with Gasteiger partial charge in [-0.25, -0.2) is 0 Å². The third-order valence-corrected chi connectivity index (χ3v) is 4.13. The number of benzene rings is 1. The Morgan fingerprint density at radius 2 is 2.04 bits per heavy atom. The quantitative estimate of drug-likeness (QED) is 0.854. The lowest BCUT2D eigenvalue weighted by Gasteiger charge is -2.34. The van der Waals surface area contributed by atoms with Crippen LogP contribution in [0.5, 0.6) is 0 Å². The second-order valence-electron chi connectivity index (χ2n) is 5.68. The summed E-state index contributed by atoms with van der Waals surface area (Å²) in [5.41, 5.74) is 0.950. The van der Waals surface area contributed by atoms with Gasteiger partial charge in [0, 0.05) is 38.1 Å². The predicted molar refractivity (Wildman–Crippen MR) is 86.0 cm³/mol. The molecule has 23 heavy (non-hydrogen) atoms. The molecule has 1 fully saturated rings. The second kappa shape index (κ2) is 7.10. The van der Waals surface area contributed by atoms with E-state index in [1.807, 2.05) is 29.2 Å². The van der Waals surface area contributed by atoms with Crippen LogP contribution in [0.3, 0.4) is 0 Å². The topological polar surface area (TPSA) is 62.5 Å². The molecule has 2 aromatic rings. The molecule has 0 unspecified atom stereocenters. The average Bonchev–Trinajstić information content (AvgIpc) is 2.93. The van der Waals surface area contributed by atoms with Gasteiger partial charge in [0.1, 0.15) is 0 Å². The zero-order valence-corrected chi connectivity index (χ0v) is 13.8. The van der Waals surface area contributed by atoms with Gasteiger partial charge in [-0.2, -0.15) is 0 Å². The molecule has 0 radical (unpaired) electrons. The Morgan fingerprint density at radius 1 is 1.26 bits per heavy atom. The maximum atomic E-state index is 12.4. The summed E-state index contributed by atoms with van der Waals surface area (Å²) >= 11 is 5.96. The minimum Gasteiger partial charge on any atom is -0.424 e. The van der Waals surface area contributed by atoms with Crippen molar-refractivity contribution in [2.45, 2.75) is 19.9 Å². The van der Waals surface area contributed by atoms with Crippen LogP contribution in [-0.4, -0.2) is 52.1 Å². The number of hydrogen-bond acceptors (Lipinski definition) is 5. The summed E-state index contributed by atoms with van der Waals surface area (Å²) in [5.74, 6) is 1.34. The molecule has 0 atom stereocenters. The van der Waals surface area contributed by atoms with Crippen molar-refractivity contribution in [3.63, 3.8) is 0 Å². The summed E-state index contributed by atoms with van der Waals surface area (Å²) in [5, 5.41) is 8.50. The zero-order chi connectivity index (χ0) is 16.2. The fraction of sp³-hybridized carbons (Fsp3) is 0.438. The first-order valence-electron chi connectivity index (χ1n) is 7.64. The van der Waals surface area contributed by atoms with E-state index < -0.39 is 0 Å². The van der Waals surface area contributed by atoms with Gasteiger partial charge in [0.25, 0.3) is 0 Å². The van der Waals surface area contributed by atoms with Crippen LogP contribution in [0.15, 0.2) is 28.7 Å². The third kappa shape index (κ3) is 4.30. The van der Waals surface area contributed by atoms with E-state index in [2.05, 4.69) is 15.1 Å². The highest BCUT2D eigenvalue weighted by Crippen LogP contribution is 2.13. The SMILES string of the molecule is Cc1nnc(CN2CCN(C(=O)Cc3cccc(Cl)c3)CC2)o1. The molecule has 3 rings (SSSR count). The van der Waals surface area contributed by atoms with Crippen LogP contribution in [0.4, 0.5) is 0 Å². The maximum absolute atomic E-state index is 12.4. The van der Waals surface area contributed by atoms with Gasteiger partial charge < -0.3 is 9.32 Å². The molecule has 1 amide bonds. The van der Waals surface area contributed by atoms with Gasteiger partial charge >= 0.3 is 0 Å². The molecule has 122 valence electrons. The van der Waals surface area contributed by atoms with Crippen molar-refractivity contribution in [2.24, 2.45) is 0 Å². The first-order valence-corrected chi connectivity index (χ1v) is 8.01. The molecule has 0 bridgehead atoms. The molecule has 6 nitrogen and oxygen atoms in total. The van der Waals surface area contributed by atoms with Crippen molar-refractivity contribution in [1.82, 2.24) is 20.0 Å². The van der Waals surface area contributed by atoms with Crippen LogP contribution in [0.2, 0.25) is 5.02 Å². The Balaban J connectivity index is 1.49. The van der Waals surface area contributed by atoms with Crippen molar-refractivity contribution in [2.75, 3.05) is 26.2 Å². The lowest BCUT2D eigenvalue weighted by molar-refractivity contribution is -0.132. The molecule has 0 saturated carbocycles. The van der Waals surface area contributed by atoms with E-state index in [9.17, 15) is 4.79 Å². The smallest absolute Gasteiger partial charge is 0.230 e. The first-order chi connectivity index (χ1) is 11.1. The van der Waals surface area contributed by atoms with Crippen molar-refractivity contribution in [1.29, 1.82) is 0 Å². The highest BCUT2D eigenvalue weighted by molar-refractivity contribution is 6.30. The van der Waals surface area contributed by atoms with Crippen LogP contribution in [0.1, 0.15) is 17.3 Å². The summed E-state index contributed by atoms with van der Waals surface area (Å²) < 4.78 is 5.39. The lowest BCUT2D eigenvalue weighted by atomic mass is 10.1. The number of carbonyl (C=O) groups excluding carboxylic acids is 1. The number of piperazine rings is 1. The number of halogens is 1. The molecule has 7 heteroatoms. The van der Waals surface area contributed by atoms with Crippen LogP contribution < -0.4 is 0 Å². The van der Waals surface area contributed by atoms with Crippen molar-refractivity contribution in [3.8, 4) is 0 Å². The number of hydrogen-bond donors (Lipinski definition) is 0. The molecule has 0 aliphatic carbocycles. The summed E-state index contributed by atoms with van der Waals surface area (Å²) in [6.07, 6.45) is 0.392. The van der Waals surface area contributed by atoms with Gasteiger partial charge in [0.05, 0.1) is 13.0 Å². The average molecular weight is 335 g/mol. The molecule has 0 N–H and O–H groups in total. The van der Waals surface area contributed by atoms with Crippen LogP contribution in [-0.2, 0) is 17.8 Å². The molecule has 1 aliphatic heterocycles. The molecule has 2 heterocycles. The van der Waals surface area contributed by atoms with E-state index in [1.165, 1.54) is 0 Å². The Bertz CT molecular complexity index is 680. The second-order valence-corrected chi connectivity index (χ2v) is 6.11. The number of nitrogens with zero attached hydrogens (tertiary/aromatic N) is 4. The Morgan fingerprint density at radius 3 is 2.70 bits per heavy atom. The Labute approximate surface area is 140 Å². The van der Waals surface area contributed by atoms with Crippen molar-refractivity contribution in [3.05, 3.63) is 46.6 Å². The number of rotatable bonds is 4. The standard InChI is InChI=1S/C16H19ClN4O2/c1-12-18-19-15(23-12)11-20-5-7-21(8-6-20)16(22)10-13-3-2-4-14(17)9-13/h2-4,9H,5-8,10-11H2,1H3. The summed E-state index contributed by atoms with van der Waals surface area (Å²) in [6.45, 7) is 5.46. The van der Waals surface area contributed by atoms with Gasteiger partial charge in [0.2, 0.25) is 17.7 Å². The maximum Gasteiger partial charge on any atom is 0.230 e. The van der Waals surface area contributed by atoms with Gasteiger partial charge in [-0.3, -0.25) is 9.69 Å². The molecule has 1 aromatic carbocycles. The van der Waals surface area contributed by atoms with E-state index in [4.69, 9.17) is 16.0 Å². The van der Waals surface area contributed by atoms with E-state index in [-0.39, 0.29) is 5.91 Å². The highest BCUT2D eigenvalue weighted by Gasteiger charge is 2.22. The Hall–Kier alpha value is -1.92. The van der Waals surface area contributed by atoms with Gasteiger partial charge in [0.15, 0.2) is 0 Å². The van der Waals surface area contributed by atoms with E-state index >= 15 is 0 Å². The van der Waals surface area contributed by atoms with E-state index in [0.717, 1.165) is 18.7 Å². The van der Waals surface area contributed by atoms with Crippen molar-refractivity contribution < 1.29 is 9.21 Å². The minimum atomic E-state index is 0.139. The molecule has 1 aliphatic rings. The van der Waals surface area contributed by atoms with Gasteiger partial charge in [-0.05, 0) is 17.7 Å². The highest BCUT2D eigenvalue weighted by atomic mass is 35.5. The zero-order valence-electron chi connectivity index (χ0n) is 13.0. The number of aryl methyl sites for hydroxylation is 1. The normalized spacial score (nSPS) is 15.8. The molecule has 0 spiro atoms. The van der Waals surface area contributed by atoms with Gasteiger partial charge in [-0.1, -0.05) is 23.7 Å². The van der Waals surface area contributed by atoms with E-state index in [0.29, 0.717) is 42.9 Å². The van der Waals surface area contributed by atoms with Crippen molar-refractivity contribution >= 4 is 17.5 Å². The summed E-state index contributed by atoms with van der Waals surface area (Å²) in [7, 11) is 0. The lowest BCUT2D eigenvalue weighted by Crippen LogP contribution is -2.48. The fourth-order valence-electron chi connectivity index (χ4n) is 2.68. The molecular weight excluding hydrogens is 316 g/mol. The monoisotopic (exact) mass is 334 g/mol. The third-order valence-electron chi connectivity index (χ3n) is 3.90. The van der Waals surface area contributed by atoms with Crippen LogP contribution in [0.25, 0.3) is 0 Å². The van der Waals surface area contributed by atoms with E-state index in [1.54, 1.807) is 6.92 Å². The van der Waals surface area contributed by atoms with Gasteiger partial charge in [-0.15, -0.1) is 10.2 Å². The number of amides is 1. The summed E-state index contributed by atoms with van der Waals surface area (Å²) in [6, 6.07) is 7.45. The first kappa shape index (κ1) is 16.0. The largest absolute Gasteiger partial charge is 0.424 e. The molecular formula is C16H19ClN4O2.